The van der Waals surface area contributed by atoms with Crippen molar-refractivity contribution in [3.05, 3.63) is 72.1 Å². The zero-order valence-electron chi connectivity index (χ0n) is 23.4. The second-order valence-electron chi connectivity index (χ2n) is 10.7. The average Bonchev–Trinajstić information content (AvgIpc) is 2.93. The summed E-state index contributed by atoms with van der Waals surface area (Å²) in [5.74, 6) is 1.58. The van der Waals surface area contributed by atoms with Gasteiger partial charge in [-0.1, -0.05) is 36.4 Å². The number of para-hydroxylation sites is 2. The maximum atomic E-state index is 12.7. The minimum absolute atomic E-state index is 0.0211. The van der Waals surface area contributed by atoms with Crippen LogP contribution in [-0.4, -0.2) is 52.8 Å². The number of aryl methyl sites for hydroxylation is 1. The van der Waals surface area contributed by atoms with Gasteiger partial charge in [-0.05, 0) is 69.7 Å². The molecule has 3 aromatic rings. The van der Waals surface area contributed by atoms with E-state index in [1.165, 1.54) is 0 Å². The molecule has 2 N–H and O–H groups in total. The molecule has 0 saturated carbocycles. The van der Waals surface area contributed by atoms with E-state index in [0.29, 0.717) is 37.6 Å². The van der Waals surface area contributed by atoms with Crippen molar-refractivity contribution in [1.29, 1.82) is 0 Å². The molecule has 1 saturated heterocycles. The van der Waals surface area contributed by atoms with Gasteiger partial charge >= 0.3 is 5.97 Å². The maximum Gasteiger partial charge on any atom is 0.309 e. The number of aliphatic carboxylic acids is 1. The Balaban J connectivity index is 1.32. The van der Waals surface area contributed by atoms with E-state index in [-0.39, 0.29) is 18.4 Å². The zero-order valence-corrected chi connectivity index (χ0v) is 23.4. The first-order valence-electron chi connectivity index (χ1n) is 13.8. The first-order chi connectivity index (χ1) is 19.2. The van der Waals surface area contributed by atoms with Crippen molar-refractivity contribution in [2.24, 2.45) is 5.41 Å². The second kappa shape index (κ2) is 13.3. The third kappa shape index (κ3) is 7.94. The van der Waals surface area contributed by atoms with E-state index in [1.54, 1.807) is 26.2 Å². The summed E-state index contributed by atoms with van der Waals surface area (Å²) in [5.41, 5.74) is 1.07. The van der Waals surface area contributed by atoms with Crippen LogP contribution in [-0.2, 0) is 22.4 Å². The number of hydrogen-bond acceptors (Lipinski definition) is 7. The number of carbonyl (C=O) groups excluding carboxylic acids is 1. The molecule has 2 heterocycles. The molecular weight excluding hydrogens is 508 g/mol. The van der Waals surface area contributed by atoms with Gasteiger partial charge in [-0.3, -0.25) is 14.6 Å². The summed E-state index contributed by atoms with van der Waals surface area (Å²) in [6, 6.07) is 15.4. The Labute approximate surface area is 235 Å². The van der Waals surface area contributed by atoms with Crippen molar-refractivity contribution >= 4 is 23.5 Å². The lowest BCUT2D eigenvalue weighted by Gasteiger charge is -2.33. The lowest BCUT2D eigenvalue weighted by Crippen LogP contribution is -2.41. The smallest absolute Gasteiger partial charge is 0.309 e. The van der Waals surface area contributed by atoms with E-state index in [9.17, 15) is 14.7 Å². The van der Waals surface area contributed by atoms with E-state index in [1.807, 2.05) is 55.5 Å². The van der Waals surface area contributed by atoms with Crippen molar-refractivity contribution in [3.8, 4) is 11.5 Å². The number of aromatic nitrogens is 2. The molecule has 0 radical (unpaired) electrons. The van der Waals surface area contributed by atoms with E-state index < -0.39 is 11.4 Å². The first kappa shape index (κ1) is 28.9. The molecule has 40 heavy (non-hydrogen) atoms. The Morgan fingerprint density at radius 1 is 1.10 bits per heavy atom. The van der Waals surface area contributed by atoms with Crippen molar-refractivity contribution < 1.29 is 24.2 Å². The Morgan fingerprint density at radius 2 is 1.88 bits per heavy atom. The van der Waals surface area contributed by atoms with Gasteiger partial charge in [0, 0.05) is 13.0 Å². The molecule has 4 rings (SSSR count). The quantitative estimate of drug-likeness (QED) is 0.321. The molecule has 0 aliphatic carbocycles. The molecule has 9 nitrogen and oxygen atoms in total. The Bertz CT molecular complexity index is 1310. The summed E-state index contributed by atoms with van der Waals surface area (Å²) >= 11 is 0. The highest BCUT2D eigenvalue weighted by molar-refractivity contribution is 5.89. The summed E-state index contributed by atoms with van der Waals surface area (Å²) in [6.07, 6.45) is 6.34. The van der Waals surface area contributed by atoms with Gasteiger partial charge in [-0.25, -0.2) is 4.98 Å². The fraction of sp³-hybridized carbons (Fsp3) is 0.419. The van der Waals surface area contributed by atoms with Crippen molar-refractivity contribution in [1.82, 2.24) is 9.97 Å². The summed E-state index contributed by atoms with van der Waals surface area (Å²) in [4.78, 5) is 35.3. The Morgan fingerprint density at radius 3 is 2.65 bits per heavy atom. The largest absolute Gasteiger partial charge is 0.490 e. The summed E-state index contributed by atoms with van der Waals surface area (Å²) in [5, 5.41) is 12.3. The van der Waals surface area contributed by atoms with Gasteiger partial charge in [0.25, 0.3) is 0 Å². The van der Waals surface area contributed by atoms with Crippen molar-refractivity contribution in [3.63, 3.8) is 0 Å². The van der Waals surface area contributed by atoms with Crippen LogP contribution in [0.1, 0.15) is 51.2 Å². The molecule has 1 fully saturated rings. The molecule has 1 atom stereocenters. The third-order valence-corrected chi connectivity index (χ3v) is 6.89. The average molecular weight is 547 g/mol. The summed E-state index contributed by atoms with van der Waals surface area (Å²) < 4.78 is 12.0. The molecule has 1 aliphatic rings. The predicted molar refractivity (Wildman–Crippen MR) is 154 cm³/mol. The normalized spacial score (nSPS) is 15.4. The fourth-order valence-electron chi connectivity index (χ4n) is 4.76. The van der Waals surface area contributed by atoms with Crippen LogP contribution in [0.5, 0.6) is 11.5 Å². The molecular formula is C31H38N4O5. The molecule has 9 heteroatoms. The van der Waals surface area contributed by atoms with Gasteiger partial charge in [0.05, 0.1) is 31.0 Å². The Kier molecular flexibility index (Phi) is 9.58. The highest BCUT2D eigenvalue weighted by Crippen LogP contribution is 2.30. The van der Waals surface area contributed by atoms with E-state index >= 15 is 0 Å². The van der Waals surface area contributed by atoms with Crippen LogP contribution >= 0.6 is 0 Å². The molecule has 2 aromatic carbocycles. The molecule has 1 amide bonds. The molecule has 0 bridgehead atoms. The van der Waals surface area contributed by atoms with Gasteiger partial charge in [-0.15, -0.1) is 0 Å². The van der Waals surface area contributed by atoms with E-state index in [4.69, 9.17) is 9.47 Å². The minimum atomic E-state index is -0.853. The number of nitrogens with zero attached hydrogens (tertiary/aromatic N) is 3. The van der Waals surface area contributed by atoms with Crippen LogP contribution in [0.4, 0.5) is 11.6 Å². The fourth-order valence-corrected chi connectivity index (χ4v) is 4.76. The lowest BCUT2D eigenvalue weighted by molar-refractivity contribution is -0.146. The number of ether oxygens (including phenoxy) is 2. The van der Waals surface area contributed by atoms with Crippen LogP contribution < -0.4 is 19.7 Å². The van der Waals surface area contributed by atoms with E-state index in [2.05, 4.69) is 20.2 Å². The number of carbonyl (C=O) groups is 2. The number of carboxylic acids is 1. The number of benzene rings is 2. The molecule has 0 spiro atoms. The predicted octanol–water partition coefficient (Wildman–Crippen LogP) is 5.15. The van der Waals surface area contributed by atoms with Crippen LogP contribution in [0, 0.1) is 5.41 Å². The number of hydrogen-bond donors (Lipinski definition) is 2. The number of piperidine rings is 1. The van der Waals surface area contributed by atoms with Crippen LogP contribution in [0.25, 0.3) is 0 Å². The number of amides is 1. The van der Waals surface area contributed by atoms with Crippen LogP contribution in [0.15, 0.2) is 60.9 Å². The number of carboxylic acid groups (broad SMARTS) is 1. The monoisotopic (exact) mass is 546 g/mol. The van der Waals surface area contributed by atoms with Gasteiger partial charge in [-0.2, -0.15) is 0 Å². The highest BCUT2D eigenvalue weighted by Gasteiger charge is 2.27. The maximum absolute atomic E-state index is 12.7. The van der Waals surface area contributed by atoms with E-state index in [0.717, 1.165) is 42.0 Å². The molecule has 1 aliphatic heterocycles. The van der Waals surface area contributed by atoms with Gasteiger partial charge < -0.3 is 24.8 Å². The highest BCUT2D eigenvalue weighted by atomic mass is 16.5. The Hall–Kier alpha value is -4.14. The van der Waals surface area contributed by atoms with Gasteiger partial charge in [0.15, 0.2) is 17.3 Å². The molecule has 212 valence electrons. The molecule has 1 aromatic heterocycles. The molecule has 0 unspecified atom stereocenters. The third-order valence-electron chi connectivity index (χ3n) is 6.89. The minimum Gasteiger partial charge on any atom is -0.490 e. The number of rotatable bonds is 12. The van der Waals surface area contributed by atoms with Gasteiger partial charge in [0.1, 0.15) is 11.9 Å². The van der Waals surface area contributed by atoms with Crippen LogP contribution in [0.2, 0.25) is 0 Å². The topological polar surface area (TPSA) is 114 Å². The zero-order chi connectivity index (χ0) is 28.5. The SMILES string of the molecule is CCOc1ccccc1O[C@@H]1CCCN(c2cncc(NC(=O)CCc3cccc(CC(C)(C)C(=O)O)c3)n2)C1. The van der Waals surface area contributed by atoms with Gasteiger partial charge in [0.2, 0.25) is 5.91 Å². The lowest BCUT2D eigenvalue weighted by atomic mass is 9.85. The number of anilines is 2. The standard InChI is InChI=1S/C31H38N4O5/c1-4-39-25-12-5-6-13-26(25)40-24-11-8-16-35(21-24)28-20-32-19-27(33-28)34-29(36)15-14-22-9-7-10-23(17-22)18-31(2,3)30(37)38/h5-7,9-10,12-13,17,19-20,24H,4,8,11,14-16,18,21H2,1-3H3,(H,37,38)(H,33,34,36)/t24-/m1/s1. The van der Waals surface area contributed by atoms with Crippen molar-refractivity contribution in [2.75, 3.05) is 29.9 Å². The van der Waals surface area contributed by atoms with Crippen LogP contribution in [0.3, 0.4) is 0 Å². The first-order valence-corrected chi connectivity index (χ1v) is 13.8. The summed E-state index contributed by atoms with van der Waals surface area (Å²) in [7, 11) is 0. The number of nitrogens with one attached hydrogen (secondary N) is 1. The van der Waals surface area contributed by atoms with Crippen molar-refractivity contribution in [2.45, 2.75) is 59.0 Å². The summed E-state index contributed by atoms with van der Waals surface area (Å²) in [6.45, 7) is 7.43. The second-order valence-corrected chi connectivity index (χ2v) is 10.7.